The van der Waals surface area contributed by atoms with Crippen LogP contribution in [0.4, 0.5) is 0 Å². The summed E-state index contributed by atoms with van der Waals surface area (Å²) < 4.78 is 5.26. The summed E-state index contributed by atoms with van der Waals surface area (Å²) in [7, 11) is 0. The lowest BCUT2D eigenvalue weighted by atomic mass is 9.77. The Morgan fingerprint density at radius 2 is 1.85 bits per heavy atom. The number of likely N-dealkylation sites (tertiary alicyclic amines) is 1. The Morgan fingerprint density at radius 1 is 1.07 bits per heavy atom. The topological polar surface area (TPSA) is 125 Å². The second-order valence-electron chi connectivity index (χ2n) is 12.0. The van der Waals surface area contributed by atoms with Gasteiger partial charge in [0.15, 0.2) is 0 Å². The molecular weight excluding hydrogens is 522 g/mol. The van der Waals surface area contributed by atoms with Crippen molar-refractivity contribution in [2.45, 2.75) is 83.8 Å². The van der Waals surface area contributed by atoms with E-state index in [0.717, 1.165) is 29.0 Å². The molecule has 1 aromatic heterocycles. The minimum absolute atomic E-state index is 0.0841. The molecule has 4 amide bonds. The Labute approximate surface area is 241 Å². The van der Waals surface area contributed by atoms with E-state index < -0.39 is 12.1 Å². The molecule has 0 spiro atoms. The van der Waals surface area contributed by atoms with Crippen LogP contribution in [0.15, 0.2) is 34.9 Å². The van der Waals surface area contributed by atoms with Gasteiger partial charge in [-0.3, -0.25) is 19.2 Å². The van der Waals surface area contributed by atoms with E-state index in [-0.39, 0.29) is 41.5 Å². The lowest BCUT2D eigenvalue weighted by Gasteiger charge is -2.51. The van der Waals surface area contributed by atoms with E-state index >= 15 is 0 Å². The number of carbonyl (C=O) groups excluding carboxylic acids is 4. The summed E-state index contributed by atoms with van der Waals surface area (Å²) in [4.78, 5) is 57.1. The van der Waals surface area contributed by atoms with E-state index in [1.165, 1.54) is 0 Å². The standard InChI is InChI=1S/C31H41N5O5/c1-19-25(21(3)41-34-19)12-13-29(38)35-16-23-14-24(18-35)27-10-7-11-28(37)32-20(2)30(39)33-26(31(40)36(27)17-23)15-22-8-5-4-6-9-22/h4-6,8-9,20,23-24,26-27H,7,10-18H2,1-3H3,(H,32,37)(H,33,39)/t20-,23+,24-,26+,27+/m1/s1. The van der Waals surface area contributed by atoms with Gasteiger partial charge in [-0.2, -0.15) is 0 Å². The van der Waals surface area contributed by atoms with Crippen LogP contribution in [-0.2, 0) is 32.0 Å². The molecule has 0 radical (unpaired) electrons. The zero-order valence-corrected chi connectivity index (χ0v) is 24.2. The van der Waals surface area contributed by atoms with Gasteiger partial charge in [0.2, 0.25) is 23.6 Å². The third-order valence-electron chi connectivity index (χ3n) is 8.95. The maximum Gasteiger partial charge on any atom is 0.245 e. The van der Waals surface area contributed by atoms with E-state index in [4.69, 9.17) is 4.52 Å². The molecule has 2 aromatic rings. The Hall–Kier alpha value is -3.69. The molecule has 3 aliphatic rings. The predicted octanol–water partition coefficient (Wildman–Crippen LogP) is 2.32. The minimum Gasteiger partial charge on any atom is -0.361 e. The molecule has 3 aliphatic heterocycles. The Kier molecular flexibility index (Phi) is 8.75. The van der Waals surface area contributed by atoms with E-state index in [1.807, 2.05) is 54.0 Å². The Balaban J connectivity index is 1.35. The first-order valence-electron chi connectivity index (χ1n) is 14.8. The summed E-state index contributed by atoms with van der Waals surface area (Å²) in [5.74, 6) is 0.530. The summed E-state index contributed by atoms with van der Waals surface area (Å²) >= 11 is 0. The molecule has 2 N–H and O–H groups in total. The van der Waals surface area contributed by atoms with Gasteiger partial charge in [-0.25, -0.2) is 0 Å². The van der Waals surface area contributed by atoms with Crippen LogP contribution >= 0.6 is 0 Å². The molecule has 4 heterocycles. The van der Waals surface area contributed by atoms with Gasteiger partial charge in [-0.05, 0) is 63.9 Å². The highest BCUT2D eigenvalue weighted by atomic mass is 16.5. The van der Waals surface area contributed by atoms with E-state index in [1.54, 1.807) is 6.92 Å². The monoisotopic (exact) mass is 563 g/mol. The smallest absolute Gasteiger partial charge is 0.245 e. The molecule has 10 nitrogen and oxygen atoms in total. The van der Waals surface area contributed by atoms with Crippen LogP contribution in [0.25, 0.3) is 0 Å². The van der Waals surface area contributed by atoms with E-state index in [9.17, 15) is 19.2 Å². The molecule has 3 saturated heterocycles. The van der Waals surface area contributed by atoms with Crippen molar-refractivity contribution in [3.05, 3.63) is 52.9 Å². The Bertz CT molecular complexity index is 1260. The number of carbonyl (C=O) groups is 4. The van der Waals surface area contributed by atoms with Gasteiger partial charge in [-0.15, -0.1) is 0 Å². The minimum atomic E-state index is -0.738. The number of nitrogens with one attached hydrogen (secondary N) is 2. The molecule has 0 saturated carbocycles. The van der Waals surface area contributed by atoms with Crippen molar-refractivity contribution >= 4 is 23.6 Å². The molecule has 41 heavy (non-hydrogen) atoms. The number of benzene rings is 1. The van der Waals surface area contributed by atoms with Gasteiger partial charge in [0.25, 0.3) is 0 Å². The molecule has 0 aliphatic carbocycles. The van der Waals surface area contributed by atoms with Crippen molar-refractivity contribution in [3.8, 4) is 0 Å². The largest absolute Gasteiger partial charge is 0.361 e. The quantitative estimate of drug-likeness (QED) is 0.575. The van der Waals surface area contributed by atoms with Gasteiger partial charge in [-0.1, -0.05) is 35.5 Å². The predicted molar refractivity (Wildman–Crippen MR) is 152 cm³/mol. The molecule has 10 heteroatoms. The number of fused-ring (bicyclic) bond motifs is 4. The van der Waals surface area contributed by atoms with Crippen molar-refractivity contribution < 1.29 is 23.7 Å². The summed E-state index contributed by atoms with van der Waals surface area (Å²) in [6.45, 7) is 7.15. The molecule has 3 fully saturated rings. The van der Waals surface area contributed by atoms with Crippen LogP contribution in [0.3, 0.4) is 0 Å². The van der Waals surface area contributed by atoms with Gasteiger partial charge in [0.05, 0.1) is 5.69 Å². The van der Waals surface area contributed by atoms with E-state index in [0.29, 0.717) is 58.2 Å². The van der Waals surface area contributed by atoms with Crippen LogP contribution in [0.5, 0.6) is 0 Å². The van der Waals surface area contributed by atoms with Crippen LogP contribution in [0, 0.1) is 25.7 Å². The first-order chi connectivity index (χ1) is 19.7. The summed E-state index contributed by atoms with van der Waals surface area (Å²) in [5.41, 5.74) is 2.77. The molecule has 220 valence electrons. The maximum atomic E-state index is 14.2. The van der Waals surface area contributed by atoms with Gasteiger partial charge in [0, 0.05) is 50.5 Å². The lowest BCUT2D eigenvalue weighted by molar-refractivity contribution is -0.148. The van der Waals surface area contributed by atoms with E-state index in [2.05, 4.69) is 15.8 Å². The lowest BCUT2D eigenvalue weighted by Crippen LogP contribution is -2.63. The SMILES string of the molecule is Cc1noc(C)c1CCC(=O)N1C[C@@H]2C[C@H](C1)[C@@H]1CCCC(=O)N[C@H](C)C(=O)N[C@@H](Cc3ccccc3)C(=O)N1C2. The first-order valence-corrected chi connectivity index (χ1v) is 14.8. The van der Waals surface area contributed by atoms with Gasteiger partial charge in [0.1, 0.15) is 17.8 Å². The number of hydrogen-bond acceptors (Lipinski definition) is 6. The third-order valence-corrected chi connectivity index (χ3v) is 8.95. The third kappa shape index (κ3) is 6.63. The Morgan fingerprint density at radius 3 is 2.59 bits per heavy atom. The second-order valence-corrected chi connectivity index (χ2v) is 12.0. The summed E-state index contributed by atoms with van der Waals surface area (Å²) in [5, 5.41) is 9.73. The number of piperidine rings is 2. The number of hydrogen-bond donors (Lipinski definition) is 2. The van der Waals surface area contributed by atoms with Crippen molar-refractivity contribution in [1.82, 2.24) is 25.6 Å². The number of rotatable bonds is 5. The van der Waals surface area contributed by atoms with Crippen LogP contribution in [-0.4, -0.2) is 76.3 Å². The zero-order chi connectivity index (χ0) is 29.1. The van der Waals surface area contributed by atoms with Crippen LogP contribution in [0.2, 0.25) is 0 Å². The molecule has 1 aromatic carbocycles. The summed E-state index contributed by atoms with van der Waals surface area (Å²) in [6.07, 6.45) is 3.88. The number of aromatic nitrogens is 1. The van der Waals surface area contributed by atoms with Crippen LogP contribution in [0.1, 0.15) is 61.6 Å². The number of amides is 4. The fourth-order valence-electron chi connectivity index (χ4n) is 6.82. The van der Waals surface area contributed by atoms with Crippen molar-refractivity contribution in [3.63, 3.8) is 0 Å². The molecule has 5 atom stereocenters. The second kappa shape index (κ2) is 12.4. The first kappa shape index (κ1) is 28.8. The normalized spacial score (nSPS) is 27.3. The van der Waals surface area contributed by atoms with Gasteiger partial charge >= 0.3 is 0 Å². The fraction of sp³-hybridized carbons (Fsp3) is 0.581. The van der Waals surface area contributed by atoms with Crippen LogP contribution < -0.4 is 10.6 Å². The molecule has 2 bridgehead atoms. The van der Waals surface area contributed by atoms with Crippen molar-refractivity contribution in [2.24, 2.45) is 11.8 Å². The fourth-order valence-corrected chi connectivity index (χ4v) is 6.82. The molecule has 0 unspecified atom stereocenters. The maximum absolute atomic E-state index is 14.2. The summed E-state index contributed by atoms with van der Waals surface area (Å²) in [6, 6.07) is 8.11. The number of nitrogens with zero attached hydrogens (tertiary/aromatic N) is 3. The van der Waals surface area contributed by atoms with Gasteiger partial charge < -0.3 is 25.0 Å². The average Bonchev–Trinajstić information content (AvgIpc) is 3.28. The van der Waals surface area contributed by atoms with Crippen molar-refractivity contribution in [2.75, 3.05) is 19.6 Å². The zero-order valence-electron chi connectivity index (χ0n) is 24.2. The molecular formula is C31H41N5O5. The highest BCUT2D eigenvalue weighted by Crippen LogP contribution is 2.36. The number of aryl methyl sites for hydroxylation is 2. The van der Waals surface area contributed by atoms with Crippen molar-refractivity contribution in [1.29, 1.82) is 0 Å². The average molecular weight is 564 g/mol. The highest BCUT2D eigenvalue weighted by molar-refractivity contribution is 5.92. The highest BCUT2D eigenvalue weighted by Gasteiger charge is 2.45. The molecule has 5 rings (SSSR count).